The van der Waals surface area contributed by atoms with Gasteiger partial charge in [-0.25, -0.2) is 17.7 Å². The molecule has 0 aliphatic carbocycles. The van der Waals surface area contributed by atoms with Crippen LogP contribution in [0.4, 0.5) is 0 Å². The molecule has 150 valence electrons. The van der Waals surface area contributed by atoms with Gasteiger partial charge in [0.2, 0.25) is 10.0 Å². The molecule has 0 radical (unpaired) electrons. The molecule has 1 fully saturated rings. The summed E-state index contributed by atoms with van der Waals surface area (Å²) in [6.07, 6.45) is 7.32. The van der Waals surface area contributed by atoms with Crippen LogP contribution < -0.4 is 0 Å². The van der Waals surface area contributed by atoms with Crippen LogP contribution in [0.3, 0.4) is 0 Å². The van der Waals surface area contributed by atoms with Gasteiger partial charge in [0.1, 0.15) is 0 Å². The standard InChI is InChI=1S/C20H27N5O2S/c1-20(2,3)28(26,27)25-8-6-15(7-9-25)13-24-14-21-18-10-16(4-5-19(18)24)17-11-22-23-12-17/h4-5,10-12,14-15H,6-9,13H2,1-3H3,(H,22,23). The quantitative estimate of drug-likeness (QED) is 0.727. The monoisotopic (exact) mass is 401 g/mol. The van der Waals surface area contributed by atoms with Gasteiger partial charge in [0.15, 0.2) is 0 Å². The lowest BCUT2D eigenvalue weighted by atomic mass is 9.98. The van der Waals surface area contributed by atoms with Gasteiger partial charge in [-0.05, 0) is 57.2 Å². The second-order valence-electron chi connectivity index (χ2n) is 8.55. The van der Waals surface area contributed by atoms with Gasteiger partial charge in [0, 0.05) is 31.4 Å². The molecule has 0 amide bonds. The Kier molecular flexibility index (Phi) is 4.79. The van der Waals surface area contributed by atoms with Crippen LogP contribution in [0.25, 0.3) is 22.2 Å². The van der Waals surface area contributed by atoms with Crippen molar-refractivity contribution in [2.45, 2.75) is 44.9 Å². The van der Waals surface area contributed by atoms with E-state index in [1.807, 2.05) is 12.5 Å². The molecule has 0 spiro atoms. The molecule has 3 aromatic rings. The summed E-state index contributed by atoms with van der Waals surface area (Å²) in [6, 6.07) is 6.27. The van der Waals surface area contributed by atoms with Crippen molar-refractivity contribution in [2.24, 2.45) is 5.92 Å². The maximum atomic E-state index is 12.6. The Morgan fingerprint density at radius 3 is 2.57 bits per heavy atom. The van der Waals surface area contributed by atoms with Crippen LogP contribution in [-0.2, 0) is 16.6 Å². The number of nitrogens with zero attached hydrogens (tertiary/aromatic N) is 4. The number of piperidine rings is 1. The summed E-state index contributed by atoms with van der Waals surface area (Å²) in [4.78, 5) is 4.57. The van der Waals surface area contributed by atoms with Crippen LogP contribution in [-0.4, -0.2) is 50.3 Å². The van der Waals surface area contributed by atoms with Crippen LogP contribution in [0, 0.1) is 5.92 Å². The molecule has 1 N–H and O–H groups in total. The lowest BCUT2D eigenvalue weighted by Crippen LogP contribution is -2.46. The first-order chi connectivity index (χ1) is 13.3. The van der Waals surface area contributed by atoms with E-state index in [0.717, 1.165) is 41.5 Å². The predicted octanol–water partition coefficient (Wildman–Crippen LogP) is 3.27. The fraction of sp³-hybridized carbons (Fsp3) is 0.500. The van der Waals surface area contributed by atoms with Crippen LogP contribution in [0.1, 0.15) is 33.6 Å². The van der Waals surface area contributed by atoms with E-state index >= 15 is 0 Å². The minimum atomic E-state index is -3.24. The van der Waals surface area contributed by atoms with Gasteiger partial charge in [0.25, 0.3) is 0 Å². The van der Waals surface area contributed by atoms with Crippen LogP contribution in [0.15, 0.2) is 36.9 Å². The van der Waals surface area contributed by atoms with E-state index in [4.69, 9.17) is 0 Å². The summed E-state index contributed by atoms with van der Waals surface area (Å²) in [5.74, 6) is 0.456. The van der Waals surface area contributed by atoms with E-state index in [1.165, 1.54) is 0 Å². The summed E-state index contributed by atoms with van der Waals surface area (Å²) in [7, 11) is -3.24. The van der Waals surface area contributed by atoms with E-state index in [1.54, 1.807) is 31.3 Å². The SMILES string of the molecule is CC(C)(C)S(=O)(=O)N1CCC(Cn2cnc3cc(-c4cn[nH]c4)ccc32)CC1. The van der Waals surface area contributed by atoms with Gasteiger partial charge >= 0.3 is 0 Å². The maximum Gasteiger partial charge on any atom is 0.219 e. The number of imidazole rings is 1. The molecule has 4 rings (SSSR count). The van der Waals surface area contributed by atoms with Crippen molar-refractivity contribution < 1.29 is 8.42 Å². The zero-order chi connectivity index (χ0) is 19.9. The number of hydrogen-bond donors (Lipinski definition) is 1. The summed E-state index contributed by atoms with van der Waals surface area (Å²) in [5.41, 5.74) is 4.21. The Labute approximate surface area is 165 Å². The highest BCUT2D eigenvalue weighted by atomic mass is 32.2. The lowest BCUT2D eigenvalue weighted by Gasteiger charge is -2.35. The third-order valence-electron chi connectivity index (χ3n) is 5.59. The third-order valence-corrected chi connectivity index (χ3v) is 8.19. The van der Waals surface area contributed by atoms with Gasteiger partial charge < -0.3 is 4.57 Å². The Hall–Kier alpha value is -2.19. The average Bonchev–Trinajstić information content (AvgIpc) is 3.31. The molecular formula is C20H27N5O2S. The molecule has 1 aliphatic heterocycles. The van der Waals surface area contributed by atoms with Gasteiger partial charge in [-0.2, -0.15) is 5.10 Å². The number of sulfonamides is 1. The summed E-state index contributed by atoms with van der Waals surface area (Å²) < 4.78 is 28.4. The molecule has 0 saturated carbocycles. The average molecular weight is 402 g/mol. The topological polar surface area (TPSA) is 83.9 Å². The van der Waals surface area contributed by atoms with E-state index < -0.39 is 14.8 Å². The Balaban J connectivity index is 1.45. The molecule has 0 atom stereocenters. The molecular weight excluding hydrogens is 374 g/mol. The summed E-state index contributed by atoms with van der Waals surface area (Å²) >= 11 is 0. The van der Waals surface area contributed by atoms with Gasteiger partial charge in [0.05, 0.1) is 28.3 Å². The van der Waals surface area contributed by atoms with Crippen molar-refractivity contribution in [3.63, 3.8) is 0 Å². The number of aromatic nitrogens is 4. The van der Waals surface area contributed by atoms with E-state index in [-0.39, 0.29) is 0 Å². The highest BCUT2D eigenvalue weighted by Crippen LogP contribution is 2.28. The minimum Gasteiger partial charge on any atom is -0.330 e. The largest absolute Gasteiger partial charge is 0.330 e. The number of H-pyrrole nitrogens is 1. The second-order valence-corrected chi connectivity index (χ2v) is 11.2. The van der Waals surface area contributed by atoms with Crippen molar-refractivity contribution in [3.05, 3.63) is 36.9 Å². The number of fused-ring (bicyclic) bond motifs is 1. The van der Waals surface area contributed by atoms with E-state index in [9.17, 15) is 8.42 Å². The summed E-state index contributed by atoms with van der Waals surface area (Å²) in [6.45, 7) is 7.37. The minimum absolute atomic E-state index is 0.456. The summed E-state index contributed by atoms with van der Waals surface area (Å²) in [5, 5.41) is 6.84. The first-order valence-corrected chi connectivity index (χ1v) is 11.1. The molecule has 3 heterocycles. The van der Waals surface area contributed by atoms with Crippen molar-refractivity contribution in [1.82, 2.24) is 24.1 Å². The molecule has 1 saturated heterocycles. The van der Waals surface area contributed by atoms with Crippen molar-refractivity contribution in [1.29, 1.82) is 0 Å². The Morgan fingerprint density at radius 2 is 1.93 bits per heavy atom. The van der Waals surface area contributed by atoms with Crippen LogP contribution >= 0.6 is 0 Å². The van der Waals surface area contributed by atoms with Crippen molar-refractivity contribution >= 4 is 21.1 Å². The molecule has 28 heavy (non-hydrogen) atoms. The second kappa shape index (κ2) is 7.00. The molecule has 1 aromatic carbocycles. The fourth-order valence-electron chi connectivity index (χ4n) is 3.80. The van der Waals surface area contributed by atoms with Crippen LogP contribution in [0.2, 0.25) is 0 Å². The van der Waals surface area contributed by atoms with Crippen molar-refractivity contribution in [3.8, 4) is 11.1 Å². The van der Waals surface area contributed by atoms with Gasteiger partial charge in [-0.1, -0.05) is 6.07 Å². The first-order valence-electron chi connectivity index (χ1n) is 9.69. The van der Waals surface area contributed by atoms with Crippen molar-refractivity contribution in [2.75, 3.05) is 13.1 Å². The molecule has 7 nitrogen and oxygen atoms in total. The van der Waals surface area contributed by atoms with Gasteiger partial charge in [-0.15, -0.1) is 0 Å². The number of hydrogen-bond acceptors (Lipinski definition) is 4. The zero-order valence-electron chi connectivity index (χ0n) is 16.6. The highest BCUT2D eigenvalue weighted by molar-refractivity contribution is 7.90. The number of benzene rings is 1. The molecule has 2 aromatic heterocycles. The number of rotatable bonds is 4. The molecule has 0 bridgehead atoms. The fourth-order valence-corrected chi connectivity index (χ4v) is 5.26. The maximum absolute atomic E-state index is 12.6. The Morgan fingerprint density at radius 1 is 1.18 bits per heavy atom. The first kappa shape index (κ1) is 19.1. The van der Waals surface area contributed by atoms with E-state index in [0.29, 0.717) is 19.0 Å². The Bertz CT molecular complexity index is 1060. The van der Waals surface area contributed by atoms with Gasteiger partial charge in [-0.3, -0.25) is 5.10 Å². The van der Waals surface area contributed by atoms with E-state index in [2.05, 4.69) is 37.9 Å². The molecule has 1 aliphatic rings. The lowest BCUT2D eigenvalue weighted by molar-refractivity contribution is 0.250. The smallest absolute Gasteiger partial charge is 0.219 e. The third kappa shape index (κ3) is 3.46. The highest BCUT2D eigenvalue weighted by Gasteiger charge is 2.37. The predicted molar refractivity (Wildman–Crippen MR) is 110 cm³/mol. The molecule has 0 unspecified atom stereocenters. The zero-order valence-corrected chi connectivity index (χ0v) is 17.4. The van der Waals surface area contributed by atoms with Crippen LogP contribution in [0.5, 0.6) is 0 Å². The number of aromatic amines is 1. The molecule has 8 heteroatoms. The number of nitrogens with one attached hydrogen (secondary N) is 1. The normalized spacial score (nSPS) is 17.4.